The van der Waals surface area contributed by atoms with E-state index in [0.29, 0.717) is 23.1 Å². The quantitative estimate of drug-likeness (QED) is 0.318. The third kappa shape index (κ3) is 7.83. The minimum absolute atomic E-state index is 0.110. The highest BCUT2D eigenvalue weighted by Crippen LogP contribution is 2.08. The molecular weight excluding hydrogens is 202 g/mol. The van der Waals surface area contributed by atoms with Gasteiger partial charge in [-0.2, -0.15) is 8.42 Å². The lowest BCUT2D eigenvalue weighted by Crippen LogP contribution is -2.01. The number of hydrogen-bond acceptors (Lipinski definition) is 5. The van der Waals surface area contributed by atoms with E-state index in [9.17, 15) is 8.42 Å². The maximum atomic E-state index is 10.2. The second kappa shape index (κ2) is 5.39. The van der Waals surface area contributed by atoms with Crippen molar-refractivity contribution in [3.63, 3.8) is 0 Å². The van der Waals surface area contributed by atoms with E-state index < -0.39 is 9.15 Å². The van der Waals surface area contributed by atoms with Crippen LogP contribution in [0.2, 0.25) is 0 Å². The van der Waals surface area contributed by atoms with E-state index in [-0.39, 0.29) is 5.75 Å². The third-order valence-corrected chi connectivity index (χ3v) is 2.85. The molecule has 0 aromatic rings. The van der Waals surface area contributed by atoms with Gasteiger partial charge in [0.15, 0.2) is 0 Å². The zero-order chi connectivity index (χ0) is 9.61. The first kappa shape index (κ1) is 11.7. The SMILES string of the molecule is CCON=C(C)CSS(=O)(=O)O. The van der Waals surface area contributed by atoms with Gasteiger partial charge in [-0.25, -0.2) is 0 Å². The molecule has 0 aromatic heterocycles. The number of nitrogens with zero attached hydrogens (tertiary/aromatic N) is 1. The van der Waals surface area contributed by atoms with Gasteiger partial charge >= 0.3 is 9.15 Å². The van der Waals surface area contributed by atoms with E-state index >= 15 is 0 Å². The van der Waals surface area contributed by atoms with Crippen molar-refractivity contribution >= 4 is 25.7 Å². The third-order valence-electron chi connectivity index (χ3n) is 0.766. The van der Waals surface area contributed by atoms with Gasteiger partial charge in [0, 0.05) is 10.8 Å². The normalized spacial score (nSPS) is 13.1. The van der Waals surface area contributed by atoms with Crippen molar-refractivity contribution in [2.45, 2.75) is 13.8 Å². The molecule has 0 radical (unpaired) electrons. The molecule has 72 valence electrons. The summed E-state index contributed by atoms with van der Waals surface area (Å²) >= 11 is 0. The summed E-state index contributed by atoms with van der Waals surface area (Å²) in [6.07, 6.45) is 0. The van der Waals surface area contributed by atoms with Crippen LogP contribution in [0.15, 0.2) is 5.16 Å². The fraction of sp³-hybridized carbons (Fsp3) is 0.800. The summed E-state index contributed by atoms with van der Waals surface area (Å²) in [5.74, 6) is 0.110. The predicted octanol–water partition coefficient (Wildman–Crippen LogP) is 0.935. The smallest absolute Gasteiger partial charge is 0.320 e. The topological polar surface area (TPSA) is 76.0 Å². The molecule has 5 nitrogen and oxygen atoms in total. The van der Waals surface area contributed by atoms with Gasteiger partial charge < -0.3 is 4.84 Å². The monoisotopic (exact) mass is 213 g/mol. The molecule has 0 spiro atoms. The summed E-state index contributed by atoms with van der Waals surface area (Å²) in [5, 5.41) is 3.57. The zero-order valence-electron chi connectivity index (χ0n) is 6.85. The molecule has 0 aliphatic heterocycles. The minimum atomic E-state index is -3.96. The predicted molar refractivity (Wildman–Crippen MR) is 48.7 cm³/mol. The van der Waals surface area contributed by atoms with Gasteiger partial charge in [-0.05, 0) is 13.8 Å². The van der Waals surface area contributed by atoms with Crippen LogP contribution in [-0.2, 0) is 14.0 Å². The first-order valence-corrected chi connectivity index (χ1v) is 6.17. The molecule has 0 unspecified atom stereocenters. The Balaban J connectivity index is 3.79. The molecule has 0 bridgehead atoms. The first-order chi connectivity index (χ1) is 5.45. The molecule has 0 rings (SSSR count). The van der Waals surface area contributed by atoms with Crippen molar-refractivity contribution in [1.29, 1.82) is 0 Å². The number of rotatable bonds is 5. The van der Waals surface area contributed by atoms with Gasteiger partial charge in [-0.15, -0.1) is 0 Å². The van der Waals surface area contributed by atoms with Crippen LogP contribution in [-0.4, -0.2) is 31.0 Å². The second-order valence-corrected chi connectivity index (χ2v) is 5.28. The highest BCUT2D eigenvalue weighted by molar-refractivity contribution is 8.70. The van der Waals surface area contributed by atoms with Gasteiger partial charge in [-0.1, -0.05) is 5.16 Å². The summed E-state index contributed by atoms with van der Waals surface area (Å²) in [7, 11) is -3.55. The second-order valence-electron chi connectivity index (χ2n) is 1.93. The van der Waals surface area contributed by atoms with E-state index in [2.05, 4.69) is 9.99 Å². The van der Waals surface area contributed by atoms with E-state index in [4.69, 9.17) is 4.55 Å². The molecule has 0 fully saturated rings. The van der Waals surface area contributed by atoms with E-state index in [1.54, 1.807) is 13.8 Å². The van der Waals surface area contributed by atoms with Gasteiger partial charge in [0.1, 0.15) is 6.61 Å². The first-order valence-electron chi connectivity index (χ1n) is 3.23. The molecule has 0 atom stereocenters. The Morgan fingerprint density at radius 2 is 2.25 bits per heavy atom. The Labute approximate surface area is 75.3 Å². The number of hydrogen-bond donors (Lipinski definition) is 1. The molecule has 0 aliphatic rings. The molecule has 12 heavy (non-hydrogen) atoms. The molecular formula is C5H11NO4S2. The summed E-state index contributed by atoms with van der Waals surface area (Å²) in [5.41, 5.74) is 0.513. The zero-order valence-corrected chi connectivity index (χ0v) is 8.48. The van der Waals surface area contributed by atoms with E-state index in [1.807, 2.05) is 0 Å². The Bertz CT molecular complexity index is 246. The van der Waals surface area contributed by atoms with Crippen molar-refractivity contribution in [3.8, 4) is 0 Å². The molecule has 0 heterocycles. The lowest BCUT2D eigenvalue weighted by Gasteiger charge is -1.97. The van der Waals surface area contributed by atoms with Gasteiger partial charge in [0.05, 0.1) is 11.5 Å². The average Bonchev–Trinajstić information content (AvgIpc) is 1.95. The molecule has 0 aliphatic carbocycles. The fourth-order valence-electron chi connectivity index (χ4n) is 0.361. The van der Waals surface area contributed by atoms with Crippen LogP contribution in [0.1, 0.15) is 13.8 Å². The van der Waals surface area contributed by atoms with Crippen LogP contribution in [0.3, 0.4) is 0 Å². The molecule has 0 aromatic carbocycles. The van der Waals surface area contributed by atoms with E-state index in [0.717, 1.165) is 0 Å². The number of oxime groups is 1. The Morgan fingerprint density at radius 1 is 1.67 bits per heavy atom. The van der Waals surface area contributed by atoms with Gasteiger partial charge in [0.25, 0.3) is 0 Å². The largest absolute Gasteiger partial charge is 0.396 e. The van der Waals surface area contributed by atoms with Crippen molar-refractivity contribution in [2.24, 2.45) is 5.16 Å². The van der Waals surface area contributed by atoms with Crippen LogP contribution in [0.25, 0.3) is 0 Å². The van der Waals surface area contributed by atoms with Crippen LogP contribution in [0, 0.1) is 0 Å². The molecule has 7 heteroatoms. The van der Waals surface area contributed by atoms with Crippen molar-refractivity contribution in [2.75, 3.05) is 12.4 Å². The standard InChI is InChI=1S/C5H11NO4S2/c1-3-10-6-5(2)4-11-12(7,8)9/h3-4H2,1-2H3,(H,7,8,9). The van der Waals surface area contributed by atoms with Crippen molar-refractivity contribution in [3.05, 3.63) is 0 Å². The van der Waals surface area contributed by atoms with Crippen LogP contribution >= 0.6 is 10.8 Å². The maximum absolute atomic E-state index is 10.2. The summed E-state index contributed by atoms with van der Waals surface area (Å²) in [6, 6.07) is 0. The highest BCUT2D eigenvalue weighted by Gasteiger charge is 2.05. The summed E-state index contributed by atoms with van der Waals surface area (Å²) in [4.78, 5) is 4.66. The summed E-state index contributed by atoms with van der Waals surface area (Å²) in [6.45, 7) is 3.83. The van der Waals surface area contributed by atoms with Crippen molar-refractivity contribution < 1.29 is 17.8 Å². The average molecular weight is 213 g/mol. The van der Waals surface area contributed by atoms with E-state index in [1.165, 1.54) is 0 Å². The Morgan fingerprint density at radius 3 is 2.67 bits per heavy atom. The maximum Gasteiger partial charge on any atom is 0.320 e. The van der Waals surface area contributed by atoms with Crippen molar-refractivity contribution in [1.82, 2.24) is 0 Å². The molecule has 0 saturated heterocycles. The highest BCUT2D eigenvalue weighted by atomic mass is 33.1. The van der Waals surface area contributed by atoms with Crippen LogP contribution < -0.4 is 0 Å². The molecule has 0 amide bonds. The van der Waals surface area contributed by atoms with Crippen LogP contribution in [0.4, 0.5) is 0 Å². The van der Waals surface area contributed by atoms with Crippen LogP contribution in [0.5, 0.6) is 0 Å². The molecule has 1 N–H and O–H groups in total. The Hall–Kier alpha value is -0.270. The lowest BCUT2D eigenvalue weighted by atomic mass is 10.5. The van der Waals surface area contributed by atoms with Gasteiger partial charge in [-0.3, -0.25) is 4.55 Å². The molecule has 0 saturated carbocycles. The summed E-state index contributed by atoms with van der Waals surface area (Å²) < 4.78 is 28.8. The Kier molecular flexibility index (Phi) is 5.27. The van der Waals surface area contributed by atoms with Gasteiger partial charge in [0.2, 0.25) is 0 Å². The minimum Gasteiger partial charge on any atom is -0.396 e. The lowest BCUT2D eigenvalue weighted by molar-refractivity contribution is 0.158. The fourth-order valence-corrected chi connectivity index (χ4v) is 1.69.